The maximum Gasteiger partial charge on any atom is 0.494 e. The highest BCUT2D eigenvalue weighted by Gasteiger charge is 2.54. The summed E-state index contributed by atoms with van der Waals surface area (Å²) in [6, 6.07) is 24.5. The van der Waals surface area contributed by atoms with Gasteiger partial charge in [0, 0.05) is 7.11 Å². The van der Waals surface area contributed by atoms with Crippen molar-refractivity contribution >= 4 is 37.7 Å². The number of benzene rings is 3. The van der Waals surface area contributed by atoms with E-state index in [9.17, 15) is 0 Å². The molecule has 0 atom stereocenters. The molecule has 11 heteroatoms. The average Bonchev–Trinajstić information content (AvgIpc) is 3.60. The lowest BCUT2D eigenvalue weighted by molar-refractivity contribution is 0.00578. The van der Waals surface area contributed by atoms with Crippen molar-refractivity contribution in [3.05, 3.63) is 72.8 Å². The molecule has 0 spiro atoms. The van der Waals surface area contributed by atoms with Crippen LogP contribution in [0.1, 0.15) is 111 Å². The van der Waals surface area contributed by atoms with Crippen LogP contribution in [0.15, 0.2) is 72.8 Å². The predicted molar refractivity (Wildman–Crippen MR) is 226 cm³/mol. The number of rotatable bonds is 8. The Morgan fingerprint density at radius 1 is 0.389 bits per heavy atom. The number of hydrogen-bond donors (Lipinski definition) is 0. The fourth-order valence-corrected chi connectivity index (χ4v) is 5.57. The molecular weight excluding hydrogens is 677 g/mol. The summed E-state index contributed by atoms with van der Waals surface area (Å²) in [6.45, 7) is 33.9. The van der Waals surface area contributed by atoms with Gasteiger partial charge in [-0.25, -0.2) is 0 Å². The standard InChI is InChI=1S/C21H27BO4.C18H28B2O4.2C2H6/c1-20(2)21(3,4)26-22(25-20)18-10-6-16(7-11-18)17-8-12-19(13-9-17)24-15-14-23-5;1-15(2)16(3,4)22-19(21-15)13-9-11-14(12-10-13)20-23-17(5,6)18(7,8)24-20;2*1-2/h6-13H,14-15H2,1-5H3;9-12H,1-8H3;2*1-2H3. The summed E-state index contributed by atoms with van der Waals surface area (Å²) in [5.74, 6) is 0.847. The second-order valence-electron chi connectivity index (χ2n) is 16.4. The normalized spacial score (nSPS) is 20.9. The molecule has 0 unspecified atom stereocenters. The van der Waals surface area contributed by atoms with Gasteiger partial charge in [-0.05, 0) is 123 Å². The third kappa shape index (κ3) is 10.4. The molecule has 54 heavy (non-hydrogen) atoms. The van der Waals surface area contributed by atoms with Gasteiger partial charge in [0.2, 0.25) is 0 Å². The lowest BCUT2D eigenvalue weighted by Gasteiger charge is -2.32. The van der Waals surface area contributed by atoms with E-state index in [1.807, 2.05) is 64.1 Å². The molecule has 0 aromatic heterocycles. The Balaban J connectivity index is 0.000000267. The smallest absolute Gasteiger partial charge is 0.491 e. The SMILES string of the molecule is CC.CC.CC1(C)OB(c2ccc(B3OC(C)(C)C(C)(C)O3)cc2)OC1(C)C.COCCOc1ccc(-c2ccc(B3OC(C)(C)C(C)(C)O3)cc2)cc1. The summed E-state index contributed by atoms with van der Waals surface area (Å²) in [4.78, 5) is 0. The molecule has 3 heterocycles. The number of hydrogen-bond acceptors (Lipinski definition) is 8. The second-order valence-corrected chi connectivity index (χ2v) is 16.4. The Labute approximate surface area is 328 Å². The van der Waals surface area contributed by atoms with Crippen molar-refractivity contribution in [1.29, 1.82) is 0 Å². The van der Waals surface area contributed by atoms with Gasteiger partial charge >= 0.3 is 21.4 Å². The molecule has 3 aromatic rings. The third-order valence-electron chi connectivity index (χ3n) is 11.2. The molecule has 8 nitrogen and oxygen atoms in total. The average molecular weight is 744 g/mol. The highest BCUT2D eigenvalue weighted by Crippen LogP contribution is 2.38. The predicted octanol–water partition coefficient (Wildman–Crippen LogP) is 8.02. The maximum absolute atomic E-state index is 6.11. The van der Waals surface area contributed by atoms with Crippen LogP contribution in [0.25, 0.3) is 11.1 Å². The molecule has 3 aliphatic heterocycles. The highest BCUT2D eigenvalue weighted by molar-refractivity contribution is 6.64. The van der Waals surface area contributed by atoms with Gasteiger partial charge in [0.05, 0.1) is 40.2 Å². The third-order valence-corrected chi connectivity index (χ3v) is 11.2. The lowest BCUT2D eigenvalue weighted by atomic mass is 9.74. The highest BCUT2D eigenvalue weighted by atomic mass is 16.7. The Morgan fingerprint density at radius 3 is 0.889 bits per heavy atom. The van der Waals surface area contributed by atoms with Crippen molar-refractivity contribution in [1.82, 2.24) is 0 Å². The first-order chi connectivity index (χ1) is 25.2. The molecule has 296 valence electrons. The quantitative estimate of drug-likeness (QED) is 0.170. The minimum Gasteiger partial charge on any atom is -0.491 e. The topological polar surface area (TPSA) is 73.8 Å². The summed E-state index contributed by atoms with van der Waals surface area (Å²) in [7, 11) is 0.648. The fraction of sp³-hybridized carbons (Fsp3) is 0.581. The van der Waals surface area contributed by atoms with Crippen molar-refractivity contribution in [2.45, 2.75) is 144 Å². The van der Waals surface area contributed by atoms with Crippen LogP contribution >= 0.6 is 0 Å². The molecular formula is C43H67B3O8. The van der Waals surface area contributed by atoms with Gasteiger partial charge in [-0.2, -0.15) is 0 Å². The Kier molecular flexibility index (Phi) is 15.3. The zero-order valence-electron chi connectivity index (χ0n) is 36.3. The molecule has 0 bridgehead atoms. The largest absolute Gasteiger partial charge is 0.494 e. The molecule has 3 saturated heterocycles. The van der Waals surface area contributed by atoms with Crippen molar-refractivity contribution in [2.24, 2.45) is 0 Å². The van der Waals surface area contributed by atoms with Crippen molar-refractivity contribution < 1.29 is 37.4 Å². The van der Waals surface area contributed by atoms with E-state index in [0.717, 1.165) is 33.3 Å². The van der Waals surface area contributed by atoms with E-state index >= 15 is 0 Å². The van der Waals surface area contributed by atoms with Gasteiger partial charge in [0.15, 0.2) is 0 Å². The molecule has 3 aliphatic rings. The number of methoxy groups -OCH3 is 1. The first-order valence-corrected chi connectivity index (χ1v) is 19.7. The molecule has 0 radical (unpaired) electrons. The summed E-state index contributed by atoms with van der Waals surface area (Å²) in [5, 5.41) is 0. The molecule has 0 aliphatic carbocycles. The first-order valence-electron chi connectivity index (χ1n) is 19.7. The van der Waals surface area contributed by atoms with E-state index in [0.29, 0.717) is 13.2 Å². The van der Waals surface area contributed by atoms with Gasteiger partial charge in [-0.15, -0.1) is 0 Å². The van der Waals surface area contributed by atoms with Crippen LogP contribution in [0.4, 0.5) is 0 Å². The van der Waals surface area contributed by atoms with Crippen molar-refractivity contribution in [2.75, 3.05) is 20.3 Å². The second kappa shape index (κ2) is 18.1. The maximum atomic E-state index is 6.11. The first kappa shape index (κ1) is 45.8. The zero-order chi connectivity index (χ0) is 40.8. The van der Waals surface area contributed by atoms with Crippen LogP contribution in [0.2, 0.25) is 0 Å². The minimum absolute atomic E-state index is 0.324. The monoisotopic (exact) mass is 745 g/mol. The molecule has 3 aromatic carbocycles. The Hall–Kier alpha value is -2.63. The van der Waals surface area contributed by atoms with Crippen LogP contribution in [0.5, 0.6) is 5.75 Å². The Morgan fingerprint density at radius 2 is 0.630 bits per heavy atom. The van der Waals surface area contributed by atoms with Crippen LogP contribution < -0.4 is 21.1 Å². The van der Waals surface area contributed by atoms with E-state index in [-0.39, 0.29) is 55.0 Å². The van der Waals surface area contributed by atoms with E-state index in [2.05, 4.69) is 119 Å². The summed E-state index contributed by atoms with van der Waals surface area (Å²) in [6.07, 6.45) is 0. The Bertz CT molecular complexity index is 1480. The number of ether oxygens (including phenoxy) is 2. The minimum atomic E-state index is -0.345. The van der Waals surface area contributed by atoms with Crippen LogP contribution in [-0.2, 0) is 32.7 Å². The molecule has 0 amide bonds. The molecule has 6 rings (SSSR count). The summed E-state index contributed by atoms with van der Waals surface area (Å²) < 4.78 is 47.2. The van der Waals surface area contributed by atoms with Gasteiger partial charge in [-0.3, -0.25) is 0 Å². The van der Waals surface area contributed by atoms with Crippen molar-refractivity contribution in [3.63, 3.8) is 0 Å². The van der Waals surface area contributed by atoms with Gasteiger partial charge in [0.1, 0.15) is 12.4 Å². The summed E-state index contributed by atoms with van der Waals surface area (Å²) in [5.41, 5.74) is 3.37. The van der Waals surface area contributed by atoms with Gasteiger partial charge in [-0.1, -0.05) is 88.4 Å². The van der Waals surface area contributed by atoms with Crippen molar-refractivity contribution in [3.8, 4) is 16.9 Å². The zero-order valence-corrected chi connectivity index (χ0v) is 36.3. The van der Waals surface area contributed by atoms with E-state index < -0.39 is 0 Å². The van der Waals surface area contributed by atoms with Crippen LogP contribution in [-0.4, -0.2) is 75.3 Å². The summed E-state index contributed by atoms with van der Waals surface area (Å²) >= 11 is 0. The van der Waals surface area contributed by atoms with E-state index in [4.69, 9.17) is 37.4 Å². The molecule has 3 fully saturated rings. The van der Waals surface area contributed by atoms with E-state index in [1.165, 1.54) is 0 Å². The lowest BCUT2D eigenvalue weighted by Crippen LogP contribution is -2.41. The fourth-order valence-electron chi connectivity index (χ4n) is 5.57. The van der Waals surface area contributed by atoms with E-state index in [1.54, 1.807) is 7.11 Å². The molecule has 0 saturated carbocycles. The van der Waals surface area contributed by atoms with Gasteiger partial charge in [0.25, 0.3) is 0 Å². The van der Waals surface area contributed by atoms with Crippen LogP contribution in [0, 0.1) is 0 Å². The van der Waals surface area contributed by atoms with Gasteiger partial charge < -0.3 is 37.4 Å². The van der Waals surface area contributed by atoms with Crippen LogP contribution in [0.3, 0.4) is 0 Å². The molecule has 0 N–H and O–H groups in total.